The van der Waals surface area contributed by atoms with E-state index in [9.17, 15) is 23.4 Å². The highest BCUT2D eigenvalue weighted by atomic mass is 35.5. The second-order valence-corrected chi connectivity index (χ2v) is 7.27. The predicted octanol–water partition coefficient (Wildman–Crippen LogP) is 3.63. The van der Waals surface area contributed by atoms with Crippen LogP contribution in [-0.2, 0) is 19.0 Å². The van der Waals surface area contributed by atoms with Crippen LogP contribution in [0.1, 0.15) is 35.1 Å². The van der Waals surface area contributed by atoms with Gasteiger partial charge in [0.1, 0.15) is 5.75 Å². The fourth-order valence-electron chi connectivity index (χ4n) is 2.89. The molecule has 0 radical (unpaired) electrons. The third-order valence-electron chi connectivity index (χ3n) is 4.84. The molecule has 0 bridgehead atoms. The number of ether oxygens (including phenoxy) is 1. The number of aliphatic hydroxyl groups excluding tert-OH is 2. The number of nitrogens with two attached hydrogens (primary N) is 1. The van der Waals surface area contributed by atoms with E-state index in [2.05, 4.69) is 0 Å². The van der Waals surface area contributed by atoms with E-state index in [1.165, 1.54) is 12.1 Å². The lowest BCUT2D eigenvalue weighted by Gasteiger charge is -2.24. The Bertz CT molecular complexity index is 864. The second-order valence-electron chi connectivity index (χ2n) is 7.27. The molecule has 0 aromatic heterocycles. The van der Waals surface area contributed by atoms with Crippen molar-refractivity contribution >= 4 is 12.4 Å². The van der Waals surface area contributed by atoms with Crippen LogP contribution in [-0.4, -0.2) is 35.6 Å². The highest BCUT2D eigenvalue weighted by Crippen LogP contribution is 2.37. The van der Waals surface area contributed by atoms with E-state index in [-0.39, 0.29) is 37.6 Å². The molecule has 5 nitrogen and oxygen atoms in total. The van der Waals surface area contributed by atoms with Crippen molar-refractivity contribution in [3.63, 3.8) is 0 Å². The van der Waals surface area contributed by atoms with Gasteiger partial charge in [0.15, 0.2) is 0 Å². The Labute approximate surface area is 185 Å². The summed E-state index contributed by atoms with van der Waals surface area (Å²) >= 11 is 0. The highest BCUT2D eigenvalue weighted by molar-refractivity contribution is 5.85. The van der Waals surface area contributed by atoms with Gasteiger partial charge in [-0.3, -0.25) is 0 Å². The molecule has 0 atom stereocenters. The van der Waals surface area contributed by atoms with Gasteiger partial charge in [-0.25, -0.2) is 0 Å². The largest absolute Gasteiger partial charge is 0.493 e. The Kier molecular flexibility index (Phi) is 10.3. The molecule has 2 aromatic carbocycles. The van der Waals surface area contributed by atoms with E-state index in [1.54, 1.807) is 12.1 Å². The summed E-state index contributed by atoms with van der Waals surface area (Å²) < 4.78 is 45.8. The van der Waals surface area contributed by atoms with Crippen LogP contribution in [0, 0.1) is 11.3 Å². The fourth-order valence-corrected chi connectivity index (χ4v) is 2.89. The molecule has 2 rings (SSSR count). The third kappa shape index (κ3) is 8.04. The number of nitriles is 1. The number of benzene rings is 2. The van der Waals surface area contributed by atoms with Crippen LogP contribution in [0.25, 0.3) is 0 Å². The van der Waals surface area contributed by atoms with E-state index in [4.69, 9.17) is 15.7 Å². The maximum Gasteiger partial charge on any atom is 0.419 e. The van der Waals surface area contributed by atoms with Gasteiger partial charge in [-0.1, -0.05) is 18.2 Å². The van der Waals surface area contributed by atoms with Gasteiger partial charge in [0.2, 0.25) is 0 Å². The van der Waals surface area contributed by atoms with Crippen molar-refractivity contribution in [1.82, 2.24) is 0 Å². The maximum atomic E-state index is 13.5. The minimum Gasteiger partial charge on any atom is -0.493 e. The Morgan fingerprint density at radius 1 is 0.968 bits per heavy atom. The molecule has 4 N–H and O–H groups in total. The van der Waals surface area contributed by atoms with Crippen molar-refractivity contribution in [2.24, 2.45) is 5.73 Å². The van der Waals surface area contributed by atoms with Crippen molar-refractivity contribution in [2.45, 2.75) is 37.4 Å². The van der Waals surface area contributed by atoms with Crippen LogP contribution in [0.15, 0.2) is 42.5 Å². The molecular formula is C22H26ClF3N2O3. The number of rotatable bonds is 10. The van der Waals surface area contributed by atoms with Gasteiger partial charge < -0.3 is 20.7 Å². The lowest BCUT2D eigenvalue weighted by Crippen LogP contribution is -2.47. The maximum absolute atomic E-state index is 13.5. The first-order chi connectivity index (χ1) is 14.2. The van der Waals surface area contributed by atoms with Crippen LogP contribution < -0.4 is 10.5 Å². The minimum atomic E-state index is -4.58. The zero-order valence-electron chi connectivity index (χ0n) is 16.9. The van der Waals surface area contributed by atoms with E-state index in [0.29, 0.717) is 24.0 Å². The van der Waals surface area contributed by atoms with Gasteiger partial charge >= 0.3 is 6.18 Å². The van der Waals surface area contributed by atoms with Crippen LogP contribution in [0.5, 0.6) is 5.75 Å². The number of aryl methyl sites for hydroxylation is 2. The first-order valence-corrected chi connectivity index (χ1v) is 9.53. The van der Waals surface area contributed by atoms with Crippen LogP contribution in [0.3, 0.4) is 0 Å². The molecule has 0 amide bonds. The molecule has 9 heteroatoms. The summed E-state index contributed by atoms with van der Waals surface area (Å²) in [6.45, 7) is -0.810. The third-order valence-corrected chi connectivity index (χ3v) is 4.84. The number of alkyl halides is 3. The molecule has 0 aliphatic heterocycles. The molecule has 0 fully saturated rings. The summed E-state index contributed by atoms with van der Waals surface area (Å²) in [4.78, 5) is 0. The van der Waals surface area contributed by atoms with Crippen molar-refractivity contribution in [2.75, 3.05) is 19.8 Å². The summed E-state index contributed by atoms with van der Waals surface area (Å²) in [5.41, 5.74) is 5.59. The zero-order chi connectivity index (χ0) is 22.2. The molecule has 0 spiro atoms. The van der Waals surface area contributed by atoms with Crippen molar-refractivity contribution in [3.05, 3.63) is 64.7 Å². The number of aliphatic hydroxyl groups is 2. The average molecular weight is 459 g/mol. The van der Waals surface area contributed by atoms with Gasteiger partial charge in [-0.15, -0.1) is 12.4 Å². The van der Waals surface area contributed by atoms with Gasteiger partial charge in [-0.2, -0.15) is 18.4 Å². The van der Waals surface area contributed by atoms with Gasteiger partial charge in [0.05, 0.1) is 42.6 Å². The Morgan fingerprint density at radius 3 is 2.13 bits per heavy atom. The molecule has 31 heavy (non-hydrogen) atoms. The molecule has 170 valence electrons. The van der Waals surface area contributed by atoms with Crippen molar-refractivity contribution in [1.29, 1.82) is 5.26 Å². The quantitative estimate of drug-likeness (QED) is 0.472. The topological polar surface area (TPSA) is 99.5 Å². The van der Waals surface area contributed by atoms with E-state index in [1.807, 2.05) is 18.2 Å². The normalized spacial score (nSPS) is 11.5. The SMILES string of the molecule is Cl.N#Cc1ccc(CCCOc2ccc(CCC(N)(CO)CO)cc2C(F)(F)F)cc1. The lowest BCUT2D eigenvalue weighted by atomic mass is 9.93. The molecule has 2 aromatic rings. The fraction of sp³-hybridized carbons (Fsp3) is 0.409. The van der Waals surface area contributed by atoms with E-state index < -0.39 is 30.5 Å². The molecule has 0 unspecified atom stereocenters. The number of hydrogen-bond donors (Lipinski definition) is 3. The van der Waals surface area contributed by atoms with Crippen molar-refractivity contribution in [3.8, 4) is 11.8 Å². The molecule has 0 saturated heterocycles. The lowest BCUT2D eigenvalue weighted by molar-refractivity contribution is -0.139. The number of halogens is 4. The Balaban J connectivity index is 0.00000480. The minimum absolute atomic E-state index is 0. The Hall–Kier alpha value is -2.31. The number of hydrogen-bond acceptors (Lipinski definition) is 5. The summed E-state index contributed by atoms with van der Waals surface area (Å²) in [5.74, 6) is -0.241. The highest BCUT2D eigenvalue weighted by Gasteiger charge is 2.35. The average Bonchev–Trinajstić information content (AvgIpc) is 2.75. The standard InChI is InChI=1S/C22H25F3N2O3.ClH/c23-22(24,25)19-12-17(9-10-21(27,14-28)15-29)7-8-20(19)30-11-1-2-16-3-5-18(13-26)6-4-16;/h3-8,12,28-29H,1-2,9-11,14-15,27H2;1H. The van der Waals surface area contributed by atoms with Gasteiger partial charge in [-0.05, 0) is 61.1 Å². The Morgan fingerprint density at radius 2 is 1.58 bits per heavy atom. The molecule has 0 aliphatic carbocycles. The first kappa shape index (κ1) is 26.7. The second kappa shape index (κ2) is 11.9. The molecule has 0 heterocycles. The summed E-state index contributed by atoms with van der Waals surface area (Å²) in [5, 5.41) is 27.2. The van der Waals surface area contributed by atoms with Crippen LogP contribution >= 0.6 is 12.4 Å². The van der Waals surface area contributed by atoms with E-state index in [0.717, 1.165) is 11.6 Å². The molecular weight excluding hydrogens is 433 g/mol. The summed E-state index contributed by atoms with van der Waals surface area (Å²) in [6.07, 6.45) is -3.12. The van der Waals surface area contributed by atoms with Crippen molar-refractivity contribution < 1.29 is 28.1 Å². The number of nitrogens with zero attached hydrogens (tertiary/aromatic N) is 1. The zero-order valence-corrected chi connectivity index (χ0v) is 17.7. The predicted molar refractivity (Wildman–Crippen MR) is 113 cm³/mol. The van der Waals surface area contributed by atoms with Gasteiger partial charge in [0, 0.05) is 0 Å². The van der Waals surface area contributed by atoms with E-state index >= 15 is 0 Å². The first-order valence-electron chi connectivity index (χ1n) is 9.53. The molecule has 0 aliphatic rings. The van der Waals surface area contributed by atoms with Gasteiger partial charge in [0.25, 0.3) is 0 Å². The van der Waals surface area contributed by atoms with Crippen LogP contribution in [0.2, 0.25) is 0 Å². The van der Waals surface area contributed by atoms with Crippen LogP contribution in [0.4, 0.5) is 13.2 Å². The smallest absolute Gasteiger partial charge is 0.419 e. The summed E-state index contributed by atoms with van der Waals surface area (Å²) in [7, 11) is 0. The summed E-state index contributed by atoms with van der Waals surface area (Å²) in [6, 6.07) is 12.9. The monoisotopic (exact) mass is 458 g/mol. The molecule has 0 saturated carbocycles.